The van der Waals surface area contributed by atoms with Crippen molar-refractivity contribution in [3.05, 3.63) is 101 Å². The summed E-state index contributed by atoms with van der Waals surface area (Å²) in [5.74, 6) is -2.90. The number of allylic oxidation sites excluding steroid dienone is 7. The van der Waals surface area contributed by atoms with E-state index in [9.17, 15) is 24.3 Å². The van der Waals surface area contributed by atoms with Gasteiger partial charge in [-0.3, -0.25) is 14.6 Å². The number of benzene rings is 2. The predicted octanol–water partition coefficient (Wildman–Crippen LogP) is 10.9. The number of aryl methyl sites for hydroxylation is 1. The Kier molecular flexibility index (Phi) is 12.3. The number of anilines is 1. The third kappa shape index (κ3) is 8.36. The quantitative estimate of drug-likeness (QED) is 0.109. The van der Waals surface area contributed by atoms with Crippen LogP contribution >= 0.6 is 46.4 Å². The minimum atomic E-state index is -1.28. The van der Waals surface area contributed by atoms with Gasteiger partial charge in [0.1, 0.15) is 0 Å². The van der Waals surface area contributed by atoms with E-state index in [4.69, 9.17) is 56.2 Å². The van der Waals surface area contributed by atoms with E-state index >= 15 is 0 Å². The molecule has 6 rings (SSSR count). The Morgan fingerprint density at radius 2 is 1.61 bits per heavy atom. The molecule has 2 amide bonds. The number of hydroxylamine groups is 2. The second kappa shape index (κ2) is 16.4. The molecule has 0 atom stereocenters. The molecule has 9 nitrogen and oxygen atoms in total. The zero-order valence-electron chi connectivity index (χ0n) is 33.3. The van der Waals surface area contributed by atoms with Crippen molar-refractivity contribution in [2.45, 2.75) is 98.3 Å². The number of carbonyl (C=O) groups excluding carboxylic acids is 3. The summed E-state index contributed by atoms with van der Waals surface area (Å²) in [5.41, 5.74) is 8.34. The van der Waals surface area contributed by atoms with Gasteiger partial charge in [-0.25, -0.2) is 9.59 Å². The first-order valence-electron chi connectivity index (χ1n) is 19.2. The maximum Gasteiger partial charge on any atom is 0.337 e. The summed E-state index contributed by atoms with van der Waals surface area (Å²) in [5, 5.41) is 10.9. The SMILES string of the molecule is C/C(=C/C(C)(C)C)C1=CC2=C(c3c(Cl)c(Cl)c(Cl)c(Cl)c3C(=O)O)c3cc4c(cc3C(C)(C)C2=CC1=NCCCCCC(=O)ON1C(=O)CCC1=O)N(C)CCC4. The Bertz CT molecular complexity index is 2240. The van der Waals surface area contributed by atoms with Crippen molar-refractivity contribution in [3.63, 3.8) is 0 Å². The van der Waals surface area contributed by atoms with Gasteiger partial charge in [-0.1, -0.05) is 93.5 Å². The standard InChI is InChI=1S/C44H47Cl4N3O6/c1-23(22-43(2,3)4)25-19-27-28(20-30(25)49-16-10-8-9-13-34(54)57-51-32(52)14-15-33(51)53)44(5,6)29-21-31-24(12-11-17-50(31)7)18-26(29)35(27)36-37(42(55)56)39(46)41(48)40(47)38(36)45/h18-22H,8-17H2,1-7H3,(H,55,56)/b23-22-,49-30?. The topological polar surface area (TPSA) is 117 Å². The lowest BCUT2D eigenvalue weighted by atomic mass is 9.62. The number of nitrogens with zero attached hydrogens (tertiary/aromatic N) is 3. The number of halogens is 4. The average Bonchev–Trinajstić information content (AvgIpc) is 3.45. The van der Waals surface area contributed by atoms with Gasteiger partial charge in [0.05, 0.1) is 31.4 Å². The molecule has 2 aromatic carbocycles. The molecule has 13 heteroatoms. The van der Waals surface area contributed by atoms with Crippen LogP contribution in [-0.2, 0) is 31.1 Å². The van der Waals surface area contributed by atoms with Crippen molar-refractivity contribution in [2.24, 2.45) is 10.4 Å². The highest BCUT2D eigenvalue weighted by atomic mass is 35.5. The van der Waals surface area contributed by atoms with E-state index in [1.165, 1.54) is 0 Å². The molecule has 2 aliphatic heterocycles. The molecule has 1 saturated heterocycles. The molecule has 57 heavy (non-hydrogen) atoms. The van der Waals surface area contributed by atoms with E-state index in [0.29, 0.717) is 36.4 Å². The number of aliphatic imine (C=N–C) groups is 1. The summed E-state index contributed by atoms with van der Waals surface area (Å²) in [6.07, 6.45) is 10.2. The molecular weight excluding hydrogens is 808 g/mol. The van der Waals surface area contributed by atoms with Crippen LogP contribution in [0.5, 0.6) is 0 Å². The molecule has 0 spiro atoms. The minimum absolute atomic E-state index is 0.00434. The number of rotatable bonds is 10. The number of hydrogen-bond acceptors (Lipinski definition) is 7. The van der Waals surface area contributed by atoms with Gasteiger partial charge in [0.2, 0.25) is 0 Å². The molecule has 1 N–H and O–H groups in total. The highest BCUT2D eigenvalue weighted by Gasteiger charge is 2.42. The summed E-state index contributed by atoms with van der Waals surface area (Å²) in [4.78, 5) is 61.5. The van der Waals surface area contributed by atoms with Crippen molar-refractivity contribution < 1.29 is 29.1 Å². The van der Waals surface area contributed by atoms with Crippen molar-refractivity contribution in [3.8, 4) is 0 Å². The number of carboxylic acids is 1. The summed E-state index contributed by atoms with van der Waals surface area (Å²) < 4.78 is 0. The molecule has 2 heterocycles. The van der Waals surface area contributed by atoms with Gasteiger partial charge in [-0.05, 0) is 101 Å². The third-order valence-electron chi connectivity index (χ3n) is 10.9. The lowest BCUT2D eigenvalue weighted by molar-refractivity contribution is -0.197. The van der Waals surface area contributed by atoms with E-state index in [0.717, 1.165) is 69.8 Å². The van der Waals surface area contributed by atoms with Crippen molar-refractivity contribution in [1.82, 2.24) is 5.06 Å². The summed E-state index contributed by atoms with van der Waals surface area (Å²) in [6.45, 7) is 14.1. The maximum absolute atomic E-state index is 13.1. The van der Waals surface area contributed by atoms with Crippen LogP contribution < -0.4 is 4.90 Å². The number of aromatic carboxylic acids is 1. The number of amides is 2. The number of unbranched alkanes of at least 4 members (excludes halogenated alkanes) is 2. The Balaban J connectivity index is 1.48. The molecular formula is C44H47Cl4N3O6. The molecule has 4 aliphatic rings. The van der Waals surface area contributed by atoms with Crippen LogP contribution in [0.2, 0.25) is 20.1 Å². The van der Waals surface area contributed by atoms with Gasteiger partial charge in [0.15, 0.2) is 0 Å². The van der Waals surface area contributed by atoms with Crippen molar-refractivity contribution in [1.29, 1.82) is 0 Å². The molecule has 2 aromatic rings. The van der Waals surface area contributed by atoms with Gasteiger partial charge in [0, 0.05) is 61.6 Å². The fourth-order valence-corrected chi connectivity index (χ4v) is 9.24. The molecule has 0 aromatic heterocycles. The molecule has 302 valence electrons. The zero-order chi connectivity index (χ0) is 41.7. The number of fused-ring (bicyclic) bond motifs is 3. The fourth-order valence-electron chi connectivity index (χ4n) is 8.22. The van der Waals surface area contributed by atoms with Gasteiger partial charge < -0.3 is 14.8 Å². The Labute approximate surface area is 354 Å². The number of carboxylic acid groups (broad SMARTS) is 1. The second-order valence-corrected chi connectivity index (χ2v) is 18.2. The average molecular weight is 856 g/mol. The zero-order valence-corrected chi connectivity index (χ0v) is 36.3. The van der Waals surface area contributed by atoms with Crippen LogP contribution in [0.4, 0.5) is 5.69 Å². The molecule has 1 fully saturated rings. The molecule has 0 bridgehead atoms. The van der Waals surface area contributed by atoms with Gasteiger partial charge in [-0.2, -0.15) is 0 Å². The fraction of sp³-hybridized carbons (Fsp3) is 0.432. The largest absolute Gasteiger partial charge is 0.478 e. The monoisotopic (exact) mass is 853 g/mol. The van der Waals surface area contributed by atoms with Crippen LogP contribution in [0.25, 0.3) is 5.57 Å². The predicted molar refractivity (Wildman–Crippen MR) is 228 cm³/mol. The lowest BCUT2D eigenvalue weighted by Crippen LogP contribution is -2.32. The number of carbonyl (C=O) groups is 4. The first-order chi connectivity index (χ1) is 26.7. The van der Waals surface area contributed by atoms with E-state index in [2.05, 4.69) is 76.9 Å². The highest BCUT2D eigenvalue weighted by Crippen LogP contribution is 2.56. The van der Waals surface area contributed by atoms with Crippen LogP contribution in [-0.4, -0.2) is 59.8 Å². The summed E-state index contributed by atoms with van der Waals surface area (Å²) in [7, 11) is 2.09. The normalized spacial score (nSPS) is 18.7. The van der Waals surface area contributed by atoms with Crippen molar-refractivity contribution >= 4 is 87.1 Å². The molecule has 2 aliphatic carbocycles. The second-order valence-electron chi connectivity index (χ2n) is 16.7. The highest BCUT2D eigenvalue weighted by molar-refractivity contribution is 6.53. The Morgan fingerprint density at radius 1 is 0.947 bits per heavy atom. The summed E-state index contributed by atoms with van der Waals surface area (Å²) in [6, 6.07) is 4.39. The van der Waals surface area contributed by atoms with Crippen molar-refractivity contribution in [2.75, 3.05) is 25.0 Å². The Hall–Kier alpha value is -3.89. The van der Waals surface area contributed by atoms with Crippen LogP contribution in [0.15, 0.2) is 57.6 Å². The van der Waals surface area contributed by atoms with E-state index < -0.39 is 29.2 Å². The first kappa shape index (κ1) is 42.7. The molecule has 0 saturated carbocycles. The first-order valence-corrected chi connectivity index (χ1v) is 20.7. The van der Waals surface area contributed by atoms with E-state index in [1.54, 1.807) is 0 Å². The smallest absolute Gasteiger partial charge is 0.337 e. The van der Waals surface area contributed by atoms with Crippen LogP contribution in [0.1, 0.15) is 119 Å². The molecule has 0 radical (unpaired) electrons. The van der Waals surface area contributed by atoms with Crippen LogP contribution in [0.3, 0.4) is 0 Å². The van der Waals surface area contributed by atoms with E-state index in [-0.39, 0.29) is 55.9 Å². The van der Waals surface area contributed by atoms with E-state index in [1.807, 2.05) is 6.92 Å². The van der Waals surface area contributed by atoms with Gasteiger partial charge >= 0.3 is 11.9 Å². The minimum Gasteiger partial charge on any atom is -0.478 e. The van der Waals surface area contributed by atoms with Crippen LogP contribution in [0, 0.1) is 5.41 Å². The maximum atomic E-state index is 13.1. The van der Waals surface area contributed by atoms with Gasteiger partial charge in [0.25, 0.3) is 11.8 Å². The lowest BCUT2D eigenvalue weighted by Gasteiger charge is -2.42. The number of imide groups is 1. The van der Waals surface area contributed by atoms with Gasteiger partial charge in [-0.15, -0.1) is 5.06 Å². The Morgan fingerprint density at radius 3 is 2.26 bits per heavy atom. The summed E-state index contributed by atoms with van der Waals surface area (Å²) >= 11 is 27.0. The molecule has 0 unspecified atom stereocenters. The third-order valence-corrected chi connectivity index (χ3v) is 12.7. The number of hydrogen-bond donors (Lipinski definition) is 1.